The number of aliphatic hydroxyl groups excluding tert-OH is 4. The second-order valence-corrected chi connectivity index (χ2v) is 13.0. The van der Waals surface area contributed by atoms with Crippen molar-refractivity contribution in [3.8, 4) is 0 Å². The van der Waals surface area contributed by atoms with Gasteiger partial charge in [0.15, 0.2) is 0 Å². The number of ketones is 2. The van der Waals surface area contributed by atoms with E-state index in [1.54, 1.807) is 13.8 Å². The van der Waals surface area contributed by atoms with Gasteiger partial charge >= 0.3 is 0 Å². The Morgan fingerprint density at radius 3 is 1.03 bits per heavy atom. The van der Waals surface area contributed by atoms with Crippen molar-refractivity contribution in [2.75, 3.05) is 26.4 Å². The molecule has 6 heteroatoms. The first-order chi connectivity index (χ1) is 18.3. The molecule has 8 rings (SSSR count). The summed E-state index contributed by atoms with van der Waals surface area (Å²) in [5, 5.41) is 45.7. The number of benzene rings is 2. The minimum Gasteiger partial charge on any atom is -0.396 e. The van der Waals surface area contributed by atoms with Gasteiger partial charge in [0.1, 0.15) is 11.6 Å². The Hall–Kier alpha value is -2.38. The molecule has 0 heterocycles. The molecule has 8 bridgehead atoms. The van der Waals surface area contributed by atoms with Crippen LogP contribution in [0.4, 0.5) is 0 Å². The molecule has 0 unspecified atom stereocenters. The lowest BCUT2D eigenvalue weighted by Crippen LogP contribution is -2.98. The van der Waals surface area contributed by atoms with Gasteiger partial charge in [0.25, 0.3) is 0 Å². The van der Waals surface area contributed by atoms with E-state index in [9.17, 15) is 30.0 Å². The number of Topliss-reactive ketones (excluding diaryl/α,β-unsaturated/α-hetero) is 2. The number of rotatable bonds is 8. The van der Waals surface area contributed by atoms with E-state index in [-0.39, 0.29) is 73.5 Å². The van der Waals surface area contributed by atoms with Gasteiger partial charge in [0.05, 0.1) is 0 Å². The summed E-state index contributed by atoms with van der Waals surface area (Å²) in [5.41, 5.74) is -1.41. The van der Waals surface area contributed by atoms with E-state index >= 15 is 0 Å². The molecule has 0 aliphatic heterocycles. The van der Waals surface area contributed by atoms with Gasteiger partial charge in [-0.25, -0.2) is 0 Å². The number of hydrogen-bond donors (Lipinski definition) is 4. The molecule has 6 aliphatic rings. The van der Waals surface area contributed by atoms with Crippen molar-refractivity contribution in [2.45, 2.75) is 25.7 Å². The first-order valence-electron chi connectivity index (χ1n) is 13.9. The van der Waals surface area contributed by atoms with Gasteiger partial charge in [-0.15, -0.1) is 0 Å². The van der Waals surface area contributed by atoms with Crippen LogP contribution in [0.25, 0.3) is 0 Å². The Balaban J connectivity index is 1.63. The summed E-state index contributed by atoms with van der Waals surface area (Å²) in [5.74, 6) is -3.19. The van der Waals surface area contributed by atoms with E-state index in [0.717, 1.165) is 11.1 Å². The highest BCUT2D eigenvalue weighted by Crippen LogP contribution is 3.00. The summed E-state index contributed by atoms with van der Waals surface area (Å²) in [6.45, 7) is 2.24. The Morgan fingerprint density at radius 2 is 0.816 bits per heavy atom. The van der Waals surface area contributed by atoms with Gasteiger partial charge in [0, 0.05) is 71.8 Å². The molecule has 0 saturated heterocycles. The fraction of sp³-hybridized carbons (Fsp3) is 0.562. The van der Waals surface area contributed by atoms with Crippen LogP contribution in [0.2, 0.25) is 0 Å². The standard InChI is InChI=1S/C32H36O6/c1-17(37)21-25-29(13-33)23(19-9-5-3-6-10-19)30(14-34)26(21)32(16-36)24(20-11-7-4-8-12-20)31(25,15-35)27(29)22(18(2)38)28(30)32/h3-12,21-28,33-36H,13-16H2,1-2H3. The van der Waals surface area contributed by atoms with E-state index in [1.165, 1.54) is 0 Å². The van der Waals surface area contributed by atoms with Crippen molar-refractivity contribution in [1.29, 1.82) is 0 Å². The van der Waals surface area contributed by atoms with Crippen molar-refractivity contribution in [3.63, 3.8) is 0 Å². The Kier molecular flexibility index (Phi) is 4.95. The monoisotopic (exact) mass is 516 g/mol. The second-order valence-electron chi connectivity index (χ2n) is 13.0. The lowest BCUT2D eigenvalue weighted by atomic mass is 9.05. The van der Waals surface area contributed by atoms with Crippen molar-refractivity contribution in [2.24, 2.45) is 57.2 Å². The van der Waals surface area contributed by atoms with Crippen molar-refractivity contribution in [1.82, 2.24) is 0 Å². The highest BCUT2D eigenvalue weighted by atomic mass is 16.3. The van der Waals surface area contributed by atoms with Crippen LogP contribution in [0.1, 0.15) is 36.8 Å². The third-order valence-corrected chi connectivity index (χ3v) is 12.5. The summed E-state index contributed by atoms with van der Waals surface area (Å²) in [6.07, 6.45) is 0. The molecule has 6 saturated carbocycles. The number of hydrogen-bond acceptors (Lipinski definition) is 6. The molecule has 2 aromatic carbocycles. The molecule has 2 aromatic rings. The van der Waals surface area contributed by atoms with Crippen LogP contribution < -0.4 is 0 Å². The Labute approximate surface area is 222 Å². The lowest BCUT2D eigenvalue weighted by molar-refractivity contribution is -0.500. The first-order valence-corrected chi connectivity index (χ1v) is 13.9. The molecule has 6 nitrogen and oxygen atoms in total. The van der Waals surface area contributed by atoms with Crippen LogP contribution >= 0.6 is 0 Å². The summed E-state index contributed by atoms with van der Waals surface area (Å²) in [4.78, 5) is 27.2. The van der Waals surface area contributed by atoms with Gasteiger partial charge in [-0.05, 0) is 48.6 Å². The Bertz CT molecular complexity index is 1140. The molecule has 0 spiro atoms. The van der Waals surface area contributed by atoms with E-state index in [0.29, 0.717) is 0 Å². The molecule has 0 atom stereocenters. The zero-order chi connectivity index (χ0) is 26.8. The summed E-state index contributed by atoms with van der Waals surface area (Å²) >= 11 is 0. The highest BCUT2D eigenvalue weighted by molar-refractivity contribution is 5.85. The van der Waals surface area contributed by atoms with E-state index < -0.39 is 33.5 Å². The van der Waals surface area contributed by atoms with Crippen LogP contribution in [0.3, 0.4) is 0 Å². The number of aliphatic hydroxyl groups is 4. The van der Waals surface area contributed by atoms with Gasteiger partial charge < -0.3 is 20.4 Å². The van der Waals surface area contributed by atoms with Crippen LogP contribution in [0.5, 0.6) is 0 Å². The molecular formula is C32H36O6. The average molecular weight is 517 g/mol. The molecule has 6 aliphatic carbocycles. The molecule has 6 fully saturated rings. The van der Waals surface area contributed by atoms with Crippen molar-refractivity contribution in [3.05, 3.63) is 71.8 Å². The fourth-order valence-corrected chi connectivity index (χ4v) is 12.7. The molecule has 0 radical (unpaired) electrons. The highest BCUT2D eigenvalue weighted by Gasteiger charge is 3.00. The third kappa shape index (κ3) is 2.13. The van der Waals surface area contributed by atoms with E-state index in [2.05, 4.69) is 0 Å². The predicted molar refractivity (Wildman–Crippen MR) is 139 cm³/mol. The summed E-state index contributed by atoms with van der Waals surface area (Å²) < 4.78 is 0. The normalized spacial score (nSPS) is 48.8. The van der Waals surface area contributed by atoms with Crippen molar-refractivity contribution < 1.29 is 30.0 Å². The molecule has 38 heavy (non-hydrogen) atoms. The second kappa shape index (κ2) is 7.63. The maximum absolute atomic E-state index is 13.6. The van der Waals surface area contributed by atoms with Crippen LogP contribution in [-0.4, -0.2) is 58.4 Å². The third-order valence-electron chi connectivity index (χ3n) is 12.5. The minimum absolute atomic E-state index is 0.0255. The summed E-state index contributed by atoms with van der Waals surface area (Å²) in [7, 11) is 0. The largest absolute Gasteiger partial charge is 0.396 e. The smallest absolute Gasteiger partial charge is 0.133 e. The zero-order valence-electron chi connectivity index (χ0n) is 21.8. The van der Waals surface area contributed by atoms with Gasteiger partial charge in [-0.2, -0.15) is 0 Å². The van der Waals surface area contributed by atoms with Gasteiger partial charge in [-0.1, -0.05) is 60.7 Å². The maximum Gasteiger partial charge on any atom is 0.133 e. The minimum atomic E-state index is -0.846. The molecule has 0 aromatic heterocycles. The maximum atomic E-state index is 13.6. The van der Waals surface area contributed by atoms with Crippen LogP contribution in [0, 0.1) is 57.2 Å². The van der Waals surface area contributed by atoms with E-state index in [4.69, 9.17) is 0 Å². The van der Waals surface area contributed by atoms with Crippen molar-refractivity contribution >= 4 is 11.6 Å². The average Bonchev–Trinajstić information content (AvgIpc) is 2.91. The fourth-order valence-electron chi connectivity index (χ4n) is 12.7. The predicted octanol–water partition coefficient (Wildman–Crippen LogP) is 2.41. The quantitative estimate of drug-likeness (QED) is 0.429. The number of carbonyl (C=O) groups excluding carboxylic acids is 2. The molecular weight excluding hydrogens is 480 g/mol. The first kappa shape index (κ1) is 24.6. The molecule has 0 amide bonds. The number of carbonyl (C=O) groups is 2. The van der Waals surface area contributed by atoms with Crippen LogP contribution in [-0.2, 0) is 9.59 Å². The topological polar surface area (TPSA) is 115 Å². The van der Waals surface area contributed by atoms with Gasteiger partial charge in [-0.3, -0.25) is 9.59 Å². The molecule has 4 N–H and O–H groups in total. The van der Waals surface area contributed by atoms with Crippen LogP contribution in [0.15, 0.2) is 60.7 Å². The summed E-state index contributed by atoms with van der Waals surface area (Å²) in [6, 6.07) is 19.8. The zero-order valence-corrected chi connectivity index (χ0v) is 21.8. The SMILES string of the molecule is CC(=O)C1C2C3(CO)C(c4ccccc4)C4(CO)C1C1(CO)C(c5ccccc5)C2(CO)C3C(C(C)=O)C41. The lowest BCUT2D eigenvalue weighted by Gasteiger charge is -2.97. The Morgan fingerprint density at radius 1 is 0.553 bits per heavy atom. The van der Waals surface area contributed by atoms with Gasteiger partial charge in [0.2, 0.25) is 0 Å². The van der Waals surface area contributed by atoms with E-state index in [1.807, 2.05) is 60.7 Å². The molecule has 200 valence electrons.